The molecule has 12 heavy (non-hydrogen) atoms. The van der Waals surface area contributed by atoms with Crippen LogP contribution in [-0.2, 0) is 9.47 Å². The first-order chi connectivity index (χ1) is 5.15. The SMILES string of the molecule is CO[C@H]1C[C@@H](N)[C@H](O)C(C)O1.[BH]. The summed E-state index contributed by atoms with van der Waals surface area (Å²) in [6.07, 6.45) is -0.504. The Bertz CT molecular complexity index is 124. The summed E-state index contributed by atoms with van der Waals surface area (Å²) >= 11 is 0. The van der Waals surface area contributed by atoms with Crippen LogP contribution in [0.25, 0.3) is 0 Å². The third-order valence-corrected chi connectivity index (χ3v) is 2.01. The van der Waals surface area contributed by atoms with E-state index in [9.17, 15) is 5.11 Å². The molecule has 0 bridgehead atoms. The summed E-state index contributed by atoms with van der Waals surface area (Å²) in [5.74, 6) is 0. The molecule has 0 aromatic heterocycles. The Kier molecular flexibility index (Phi) is 4.78. The highest BCUT2D eigenvalue weighted by Gasteiger charge is 2.32. The van der Waals surface area contributed by atoms with Gasteiger partial charge in [-0.05, 0) is 6.92 Å². The largest absolute Gasteiger partial charge is 0.389 e. The Labute approximate surface area is 74.6 Å². The first-order valence-corrected chi connectivity index (χ1v) is 3.77. The van der Waals surface area contributed by atoms with Crippen LogP contribution in [0.15, 0.2) is 0 Å². The molecule has 1 aliphatic rings. The normalized spacial score (nSPS) is 42.0. The van der Waals surface area contributed by atoms with Gasteiger partial charge in [0.25, 0.3) is 0 Å². The minimum Gasteiger partial charge on any atom is -0.389 e. The average Bonchev–Trinajstić information content (AvgIpc) is 1.99. The molecule has 4 atom stereocenters. The van der Waals surface area contributed by atoms with E-state index in [1.165, 1.54) is 0 Å². The molecule has 1 heterocycles. The standard InChI is InChI=1S/C7H15NO3.BH/c1-4-7(9)5(8)3-6(10-2)11-4;/h4-7,9H,3,8H2,1-2H3;1H/t4?,5-,6-,7-;/m1./s1. The van der Waals surface area contributed by atoms with Gasteiger partial charge >= 0.3 is 0 Å². The van der Waals surface area contributed by atoms with E-state index in [-0.39, 0.29) is 26.8 Å². The maximum atomic E-state index is 9.35. The first-order valence-electron chi connectivity index (χ1n) is 3.77. The van der Waals surface area contributed by atoms with Crippen molar-refractivity contribution in [3.05, 3.63) is 0 Å². The molecule has 3 N–H and O–H groups in total. The van der Waals surface area contributed by atoms with Crippen LogP contribution < -0.4 is 5.73 Å². The predicted molar refractivity (Wildman–Crippen MR) is 47.1 cm³/mol. The van der Waals surface area contributed by atoms with Crippen molar-refractivity contribution < 1.29 is 14.6 Å². The van der Waals surface area contributed by atoms with Gasteiger partial charge in [0.2, 0.25) is 0 Å². The summed E-state index contributed by atoms with van der Waals surface area (Å²) in [5.41, 5.74) is 5.62. The molecule has 2 radical (unpaired) electrons. The van der Waals surface area contributed by atoms with Gasteiger partial charge in [0.1, 0.15) is 0 Å². The summed E-state index contributed by atoms with van der Waals surface area (Å²) in [7, 11) is 1.57. The van der Waals surface area contributed by atoms with Gasteiger partial charge in [-0.1, -0.05) is 0 Å². The highest BCUT2D eigenvalue weighted by atomic mass is 16.7. The molecular weight excluding hydrogens is 157 g/mol. The number of aliphatic hydroxyl groups excluding tert-OH is 1. The Hall–Kier alpha value is -0.0951. The topological polar surface area (TPSA) is 64.7 Å². The number of nitrogens with two attached hydrogens (primary N) is 1. The Morgan fingerprint density at radius 1 is 1.58 bits per heavy atom. The molecule has 0 saturated carbocycles. The molecule has 1 saturated heterocycles. The lowest BCUT2D eigenvalue weighted by atomic mass is 10.0. The second-order valence-electron chi connectivity index (χ2n) is 2.90. The molecule has 0 aromatic rings. The van der Waals surface area contributed by atoms with E-state index < -0.39 is 6.10 Å². The van der Waals surface area contributed by atoms with Crippen molar-refractivity contribution in [2.45, 2.75) is 37.9 Å². The molecule has 1 fully saturated rings. The quantitative estimate of drug-likeness (QED) is 0.489. The summed E-state index contributed by atoms with van der Waals surface area (Å²) in [5, 5.41) is 9.35. The van der Waals surface area contributed by atoms with Crippen LogP contribution in [0.5, 0.6) is 0 Å². The van der Waals surface area contributed by atoms with Crippen molar-refractivity contribution in [3.63, 3.8) is 0 Å². The Morgan fingerprint density at radius 2 is 2.17 bits per heavy atom. The van der Waals surface area contributed by atoms with Gasteiger partial charge in [-0.2, -0.15) is 0 Å². The zero-order chi connectivity index (χ0) is 8.43. The van der Waals surface area contributed by atoms with Crippen molar-refractivity contribution in [2.75, 3.05) is 7.11 Å². The summed E-state index contributed by atoms with van der Waals surface area (Å²) in [4.78, 5) is 0. The van der Waals surface area contributed by atoms with E-state index in [1.807, 2.05) is 0 Å². The zero-order valence-corrected chi connectivity index (χ0v) is 7.56. The zero-order valence-electron chi connectivity index (χ0n) is 7.56. The van der Waals surface area contributed by atoms with Crippen molar-refractivity contribution in [1.29, 1.82) is 0 Å². The van der Waals surface area contributed by atoms with Crippen LogP contribution in [0.4, 0.5) is 0 Å². The summed E-state index contributed by atoms with van der Waals surface area (Å²) < 4.78 is 10.2. The molecule has 1 unspecified atom stereocenters. The van der Waals surface area contributed by atoms with E-state index in [0.29, 0.717) is 6.42 Å². The minimum atomic E-state index is -0.568. The molecule has 70 valence electrons. The lowest BCUT2D eigenvalue weighted by molar-refractivity contribution is -0.211. The highest BCUT2D eigenvalue weighted by Crippen LogP contribution is 2.18. The van der Waals surface area contributed by atoms with Gasteiger partial charge in [-0.3, -0.25) is 0 Å². The fourth-order valence-electron chi connectivity index (χ4n) is 1.24. The maximum absolute atomic E-state index is 9.35. The molecule has 1 rings (SSSR count). The lowest BCUT2D eigenvalue weighted by Crippen LogP contribution is -2.51. The number of rotatable bonds is 1. The van der Waals surface area contributed by atoms with Gasteiger partial charge in [0.05, 0.1) is 12.2 Å². The Balaban J connectivity index is 0.00000121. The first kappa shape index (κ1) is 11.9. The summed E-state index contributed by atoms with van der Waals surface area (Å²) in [6, 6.07) is -0.233. The third kappa shape index (κ3) is 2.45. The Morgan fingerprint density at radius 3 is 2.58 bits per heavy atom. The van der Waals surface area contributed by atoms with Crippen molar-refractivity contribution in [2.24, 2.45) is 5.73 Å². The number of hydrogen-bond acceptors (Lipinski definition) is 4. The van der Waals surface area contributed by atoms with Gasteiger partial charge in [-0.15, -0.1) is 0 Å². The molecule has 0 aliphatic carbocycles. The predicted octanol–water partition coefficient (Wildman–Crippen LogP) is -1.19. The van der Waals surface area contributed by atoms with Crippen LogP contribution in [0.3, 0.4) is 0 Å². The summed E-state index contributed by atoms with van der Waals surface area (Å²) in [6.45, 7) is 1.79. The van der Waals surface area contributed by atoms with Crippen molar-refractivity contribution in [3.8, 4) is 0 Å². The monoisotopic (exact) mass is 173 g/mol. The maximum Gasteiger partial charge on any atom is 0.159 e. The lowest BCUT2D eigenvalue weighted by Gasteiger charge is -2.35. The van der Waals surface area contributed by atoms with Gasteiger partial charge in [0.15, 0.2) is 6.29 Å². The van der Waals surface area contributed by atoms with Crippen LogP contribution >= 0.6 is 0 Å². The fourth-order valence-corrected chi connectivity index (χ4v) is 1.24. The molecule has 0 amide bonds. The highest BCUT2D eigenvalue weighted by molar-refractivity contribution is 5.75. The van der Waals surface area contributed by atoms with E-state index in [0.717, 1.165) is 0 Å². The fraction of sp³-hybridized carbons (Fsp3) is 1.00. The van der Waals surface area contributed by atoms with Crippen LogP contribution in [0.1, 0.15) is 13.3 Å². The molecule has 5 heteroatoms. The molecule has 0 spiro atoms. The van der Waals surface area contributed by atoms with Crippen molar-refractivity contribution >= 4 is 8.41 Å². The molecule has 4 nitrogen and oxygen atoms in total. The molecule has 0 aromatic carbocycles. The number of ether oxygens (including phenoxy) is 2. The van der Waals surface area contributed by atoms with E-state index in [1.54, 1.807) is 14.0 Å². The third-order valence-electron chi connectivity index (χ3n) is 2.01. The van der Waals surface area contributed by atoms with Gasteiger partial charge < -0.3 is 20.3 Å². The molecule has 1 aliphatic heterocycles. The second-order valence-corrected chi connectivity index (χ2v) is 2.90. The van der Waals surface area contributed by atoms with E-state index in [4.69, 9.17) is 15.2 Å². The number of aliphatic hydroxyl groups is 1. The van der Waals surface area contributed by atoms with E-state index >= 15 is 0 Å². The minimum absolute atomic E-state index is 0. The van der Waals surface area contributed by atoms with Crippen LogP contribution in [0, 0.1) is 0 Å². The van der Waals surface area contributed by atoms with Crippen LogP contribution in [0.2, 0.25) is 0 Å². The van der Waals surface area contributed by atoms with Gasteiger partial charge in [-0.25, -0.2) is 0 Å². The van der Waals surface area contributed by atoms with Crippen LogP contribution in [-0.4, -0.2) is 45.2 Å². The number of methoxy groups -OCH3 is 1. The van der Waals surface area contributed by atoms with E-state index in [2.05, 4.69) is 0 Å². The van der Waals surface area contributed by atoms with Gasteiger partial charge in [0, 0.05) is 28.0 Å². The van der Waals surface area contributed by atoms with Crippen molar-refractivity contribution in [1.82, 2.24) is 0 Å². The second kappa shape index (κ2) is 4.82. The molecular formula is C7H16BNO3. The number of hydrogen-bond donors (Lipinski definition) is 2. The smallest absolute Gasteiger partial charge is 0.159 e. The average molecular weight is 173 g/mol.